The number of amides is 1. The number of carbonyl (C=O) groups excluding carboxylic acids is 1. The number of benzene rings is 1. The van der Waals surface area contributed by atoms with Crippen LogP contribution in [0.5, 0.6) is 5.88 Å². The Hall–Kier alpha value is -3.54. The third-order valence-corrected chi connectivity index (χ3v) is 6.73. The molecule has 1 amide bonds. The molecule has 0 bridgehead atoms. The maximum Gasteiger partial charge on any atom is 0.333 e. The van der Waals surface area contributed by atoms with Gasteiger partial charge in [0, 0.05) is 36.7 Å². The molecule has 6 rings (SSSR count). The van der Waals surface area contributed by atoms with Crippen molar-refractivity contribution in [1.29, 1.82) is 0 Å². The number of aromatic nitrogens is 4. The molecule has 0 N–H and O–H groups in total. The first-order valence-corrected chi connectivity index (χ1v) is 11.1. The van der Waals surface area contributed by atoms with Crippen molar-refractivity contribution in [2.24, 2.45) is 0 Å². The van der Waals surface area contributed by atoms with Gasteiger partial charge in [-0.25, -0.2) is 23.4 Å². The van der Waals surface area contributed by atoms with Crippen LogP contribution in [0.2, 0.25) is 0 Å². The zero-order valence-corrected chi connectivity index (χ0v) is 18.2. The Labute approximate surface area is 196 Å². The highest BCUT2D eigenvalue weighted by atomic mass is 19.3. The van der Waals surface area contributed by atoms with E-state index in [1.165, 1.54) is 36.9 Å². The summed E-state index contributed by atoms with van der Waals surface area (Å²) in [6, 6.07) is 4.37. The normalized spacial score (nSPS) is 27.5. The molecule has 2 atom stereocenters. The molecule has 182 valence electrons. The molecule has 8 nitrogen and oxygen atoms in total. The van der Waals surface area contributed by atoms with Crippen LogP contribution in [-0.2, 0) is 9.53 Å². The average Bonchev–Trinajstić information content (AvgIpc) is 3.49. The lowest BCUT2D eigenvalue weighted by Crippen LogP contribution is -2.56. The zero-order chi connectivity index (χ0) is 24.3. The number of carbonyl (C=O) groups is 1. The Kier molecular flexibility index (Phi) is 5.02. The molecule has 0 unspecified atom stereocenters. The Bertz CT molecular complexity index is 1280. The summed E-state index contributed by atoms with van der Waals surface area (Å²) >= 11 is 0. The maximum absolute atomic E-state index is 13.7. The molecule has 3 fully saturated rings. The van der Waals surface area contributed by atoms with E-state index in [1.54, 1.807) is 4.90 Å². The molecule has 12 heteroatoms. The van der Waals surface area contributed by atoms with Crippen LogP contribution in [0.1, 0.15) is 43.8 Å². The molecule has 0 radical (unpaired) electrons. The van der Waals surface area contributed by atoms with Gasteiger partial charge in [0.15, 0.2) is 5.60 Å². The highest BCUT2D eigenvalue weighted by Gasteiger charge is 2.63. The van der Waals surface area contributed by atoms with Gasteiger partial charge in [-0.05, 0) is 30.5 Å². The van der Waals surface area contributed by atoms with E-state index in [-0.39, 0.29) is 17.9 Å². The molecule has 2 saturated heterocycles. The van der Waals surface area contributed by atoms with Crippen molar-refractivity contribution in [3.63, 3.8) is 0 Å². The molecule has 4 heterocycles. The lowest BCUT2D eigenvalue weighted by molar-refractivity contribution is -0.162. The van der Waals surface area contributed by atoms with Gasteiger partial charge < -0.3 is 14.4 Å². The van der Waals surface area contributed by atoms with E-state index in [0.29, 0.717) is 47.2 Å². The smallest absolute Gasteiger partial charge is 0.333 e. The standard InChI is InChI=1S/C23H19F4N5O3/c24-14-3-12(4-15(25)5-14)18-1-2-20-32(18)21(33)23(35-20)7-16(8-23)34-19-6-17(28-11-29-19)13-9-30-31(10-13)22(26)27/h3-6,9-11,16,18,20,22H,1-2,7-8H2/t16?,18-,20+,23?/m0/s1. The van der Waals surface area contributed by atoms with Gasteiger partial charge in [-0.2, -0.15) is 13.9 Å². The summed E-state index contributed by atoms with van der Waals surface area (Å²) in [7, 11) is 0. The van der Waals surface area contributed by atoms with E-state index in [2.05, 4.69) is 15.1 Å². The molecule has 2 aromatic heterocycles. The molecular weight excluding hydrogens is 470 g/mol. The summed E-state index contributed by atoms with van der Waals surface area (Å²) in [6.07, 6.45) is 4.63. The number of fused-ring (bicyclic) bond motifs is 1. The van der Waals surface area contributed by atoms with E-state index < -0.39 is 36.1 Å². The van der Waals surface area contributed by atoms with Gasteiger partial charge in [-0.15, -0.1) is 0 Å². The Morgan fingerprint density at radius 1 is 1.09 bits per heavy atom. The van der Waals surface area contributed by atoms with Crippen LogP contribution < -0.4 is 4.74 Å². The molecule has 2 aliphatic heterocycles. The van der Waals surface area contributed by atoms with Gasteiger partial charge >= 0.3 is 6.55 Å². The summed E-state index contributed by atoms with van der Waals surface area (Å²) in [6.45, 7) is -2.76. The van der Waals surface area contributed by atoms with Crippen LogP contribution in [0, 0.1) is 11.6 Å². The number of halogens is 4. The summed E-state index contributed by atoms with van der Waals surface area (Å²) < 4.78 is 65.6. The van der Waals surface area contributed by atoms with Crippen LogP contribution in [0.3, 0.4) is 0 Å². The van der Waals surface area contributed by atoms with E-state index in [1.807, 2.05) is 0 Å². The van der Waals surface area contributed by atoms with Crippen molar-refractivity contribution >= 4 is 5.91 Å². The number of ether oxygens (including phenoxy) is 2. The molecule has 3 aliphatic rings. The van der Waals surface area contributed by atoms with E-state index in [0.717, 1.165) is 6.07 Å². The number of hydrogen-bond donors (Lipinski definition) is 0. The van der Waals surface area contributed by atoms with Crippen LogP contribution >= 0.6 is 0 Å². The van der Waals surface area contributed by atoms with E-state index >= 15 is 0 Å². The van der Waals surface area contributed by atoms with Crippen molar-refractivity contribution in [3.8, 4) is 17.1 Å². The zero-order valence-electron chi connectivity index (χ0n) is 18.2. The van der Waals surface area contributed by atoms with Crippen molar-refractivity contribution in [1.82, 2.24) is 24.6 Å². The van der Waals surface area contributed by atoms with Gasteiger partial charge in [-0.1, -0.05) is 0 Å². The first-order chi connectivity index (χ1) is 16.8. The number of hydrogen-bond acceptors (Lipinski definition) is 6. The SMILES string of the molecule is O=C1N2[C@@H](CC[C@H]2c2cc(F)cc(F)c2)OC12CC(Oc1cc(-c3cnn(C(F)F)c3)ncn1)C2. The number of nitrogens with zero attached hydrogens (tertiary/aromatic N) is 5. The topological polar surface area (TPSA) is 82.4 Å². The third-order valence-electron chi connectivity index (χ3n) is 6.73. The fourth-order valence-electron chi connectivity index (χ4n) is 5.15. The highest BCUT2D eigenvalue weighted by molar-refractivity contribution is 5.89. The largest absolute Gasteiger partial charge is 0.474 e. The minimum atomic E-state index is -2.76. The molecular formula is C23H19F4N5O3. The first kappa shape index (κ1) is 22.0. The second-order valence-electron chi connectivity index (χ2n) is 8.95. The number of rotatable bonds is 5. The van der Waals surface area contributed by atoms with Crippen molar-refractivity contribution < 1.29 is 31.8 Å². The minimum absolute atomic E-state index is 0.211. The van der Waals surface area contributed by atoms with E-state index in [9.17, 15) is 22.4 Å². The fourth-order valence-corrected chi connectivity index (χ4v) is 5.15. The molecule has 35 heavy (non-hydrogen) atoms. The summed E-state index contributed by atoms with van der Waals surface area (Å²) in [5.74, 6) is -1.35. The predicted molar refractivity (Wildman–Crippen MR) is 111 cm³/mol. The highest BCUT2D eigenvalue weighted by Crippen LogP contribution is 2.52. The monoisotopic (exact) mass is 489 g/mol. The van der Waals surface area contributed by atoms with Crippen LogP contribution in [-0.4, -0.2) is 48.5 Å². The van der Waals surface area contributed by atoms with Crippen LogP contribution in [0.25, 0.3) is 11.3 Å². The molecule has 1 aromatic carbocycles. The summed E-state index contributed by atoms with van der Waals surface area (Å²) in [4.78, 5) is 23.0. The first-order valence-electron chi connectivity index (χ1n) is 11.1. The Balaban J connectivity index is 1.13. The van der Waals surface area contributed by atoms with Gasteiger partial charge in [0.25, 0.3) is 5.91 Å². The summed E-state index contributed by atoms with van der Waals surface area (Å²) in [5.41, 5.74) is 0.135. The van der Waals surface area contributed by atoms with Gasteiger partial charge in [-0.3, -0.25) is 4.79 Å². The minimum Gasteiger partial charge on any atom is -0.474 e. The van der Waals surface area contributed by atoms with Gasteiger partial charge in [0.1, 0.15) is 30.3 Å². The second kappa shape index (κ2) is 8.01. The quantitative estimate of drug-likeness (QED) is 0.504. The lowest BCUT2D eigenvalue weighted by Gasteiger charge is -2.42. The second-order valence-corrected chi connectivity index (χ2v) is 8.95. The molecule has 3 aromatic rings. The van der Waals surface area contributed by atoms with Crippen LogP contribution in [0.4, 0.5) is 17.6 Å². The van der Waals surface area contributed by atoms with Crippen LogP contribution in [0.15, 0.2) is 43.0 Å². The summed E-state index contributed by atoms with van der Waals surface area (Å²) in [5, 5.41) is 3.60. The Morgan fingerprint density at radius 2 is 1.86 bits per heavy atom. The molecule has 1 saturated carbocycles. The number of alkyl halides is 2. The van der Waals surface area contributed by atoms with Gasteiger partial charge in [0.2, 0.25) is 5.88 Å². The molecule has 1 aliphatic carbocycles. The Morgan fingerprint density at radius 3 is 2.57 bits per heavy atom. The van der Waals surface area contributed by atoms with E-state index in [4.69, 9.17) is 9.47 Å². The predicted octanol–water partition coefficient (Wildman–Crippen LogP) is 4.01. The fraction of sp³-hybridized carbons (Fsp3) is 0.391. The van der Waals surface area contributed by atoms with Gasteiger partial charge in [0.05, 0.1) is 17.9 Å². The maximum atomic E-state index is 13.7. The lowest BCUT2D eigenvalue weighted by atomic mass is 9.76. The third kappa shape index (κ3) is 3.72. The van der Waals surface area contributed by atoms with Crippen molar-refractivity contribution in [2.45, 2.75) is 56.2 Å². The van der Waals surface area contributed by atoms with Crippen molar-refractivity contribution in [3.05, 3.63) is 60.2 Å². The van der Waals surface area contributed by atoms with Crippen molar-refractivity contribution in [2.75, 3.05) is 0 Å². The average molecular weight is 489 g/mol. The molecule has 1 spiro atoms.